The minimum Gasteiger partial charge on any atom is -0.465 e. The van der Waals surface area contributed by atoms with E-state index in [2.05, 4.69) is 14.8 Å². The van der Waals surface area contributed by atoms with Gasteiger partial charge in [-0.25, -0.2) is 4.79 Å². The molecule has 0 aliphatic carbocycles. The van der Waals surface area contributed by atoms with Crippen molar-refractivity contribution in [1.82, 2.24) is 0 Å². The number of esters is 1. The zero-order valence-electron chi connectivity index (χ0n) is 9.52. The third-order valence-corrected chi connectivity index (χ3v) is 2.35. The minimum atomic E-state index is -5.31. The first-order valence-electron chi connectivity index (χ1n) is 4.79. The maximum Gasteiger partial charge on any atom is 0.509 e. The van der Waals surface area contributed by atoms with Crippen molar-refractivity contribution in [3.05, 3.63) is 33.7 Å². The Kier molecular flexibility index (Phi) is 3.87. The molecule has 0 amide bonds. The molecule has 0 aromatic heterocycles. The van der Waals surface area contributed by atoms with Crippen LogP contribution in [0.25, 0.3) is 10.4 Å². The molecule has 0 aliphatic heterocycles. The molecule has 0 fully saturated rings. The van der Waals surface area contributed by atoms with Gasteiger partial charge in [0.15, 0.2) is 0 Å². The van der Waals surface area contributed by atoms with Crippen LogP contribution in [-0.4, -0.2) is 20.1 Å². The smallest absolute Gasteiger partial charge is 0.465 e. The lowest BCUT2D eigenvalue weighted by Gasteiger charge is -2.20. The number of azide groups is 1. The highest BCUT2D eigenvalue weighted by atomic mass is 19.4. The Bertz CT molecular complexity index is 539. The van der Waals surface area contributed by atoms with Crippen molar-refractivity contribution < 1.29 is 22.5 Å². The van der Waals surface area contributed by atoms with E-state index in [1.807, 2.05) is 0 Å². The third-order valence-electron chi connectivity index (χ3n) is 2.35. The molecule has 0 heterocycles. The first-order chi connectivity index (χ1) is 8.31. The molecule has 0 aliphatic rings. The van der Waals surface area contributed by atoms with Gasteiger partial charge in [0.05, 0.1) is 12.7 Å². The Morgan fingerprint density at radius 2 is 2.06 bits per heavy atom. The summed E-state index contributed by atoms with van der Waals surface area (Å²) >= 11 is 0. The second-order valence-electron chi connectivity index (χ2n) is 3.46. The molecule has 9 heteroatoms. The number of hydrogen-bond donors (Lipinski definition) is 0. The van der Waals surface area contributed by atoms with Crippen molar-refractivity contribution in [2.75, 3.05) is 7.11 Å². The molecule has 0 bridgehead atoms. The summed E-state index contributed by atoms with van der Waals surface area (Å²) in [4.78, 5) is 13.8. The average Bonchev–Trinajstić information content (AvgIpc) is 2.29. The maximum atomic E-state index is 12.8. The van der Waals surface area contributed by atoms with Crippen LogP contribution in [-0.2, 0) is 4.74 Å². The van der Waals surface area contributed by atoms with Crippen LogP contribution in [0.3, 0.4) is 0 Å². The van der Waals surface area contributed by atoms with Crippen LogP contribution in [0, 0.1) is 6.92 Å². The summed E-state index contributed by atoms with van der Waals surface area (Å²) in [5.41, 5.74) is 6.47. The van der Waals surface area contributed by atoms with E-state index in [-0.39, 0.29) is 16.8 Å². The molecule has 96 valence electrons. The van der Waals surface area contributed by atoms with E-state index in [4.69, 9.17) is 5.53 Å². The SMILES string of the molecule is COC(=O)c1cc(N=[N+]=[N-])cc([B-](F)(F)F)c1C. The number of hydrogen-bond acceptors (Lipinski definition) is 3. The van der Waals surface area contributed by atoms with E-state index in [9.17, 15) is 17.7 Å². The first-order valence-corrected chi connectivity index (χ1v) is 4.79. The van der Waals surface area contributed by atoms with Gasteiger partial charge in [0.1, 0.15) is 0 Å². The lowest BCUT2D eigenvalue weighted by atomic mass is 9.75. The largest absolute Gasteiger partial charge is 0.509 e. The number of carbonyl (C=O) groups excluding carboxylic acids is 1. The molecule has 1 aromatic carbocycles. The Balaban J connectivity index is 3.57. The molecule has 1 aromatic rings. The Morgan fingerprint density at radius 3 is 2.50 bits per heavy atom. The Morgan fingerprint density at radius 1 is 1.44 bits per heavy atom. The predicted molar refractivity (Wildman–Crippen MR) is 60.0 cm³/mol. The van der Waals surface area contributed by atoms with Crippen LogP contribution in [0.15, 0.2) is 17.2 Å². The summed E-state index contributed by atoms with van der Waals surface area (Å²) in [7, 11) is 1.06. The molecular weight excluding hydrogens is 250 g/mol. The van der Waals surface area contributed by atoms with Crippen LogP contribution < -0.4 is 5.46 Å². The van der Waals surface area contributed by atoms with Gasteiger partial charge in [-0.05, 0) is 18.5 Å². The quantitative estimate of drug-likeness (QED) is 0.275. The van der Waals surface area contributed by atoms with Gasteiger partial charge < -0.3 is 17.7 Å². The predicted octanol–water partition coefficient (Wildman–Crippen LogP) is 2.78. The second kappa shape index (κ2) is 5.01. The van der Waals surface area contributed by atoms with Crippen LogP contribution in [0.5, 0.6) is 0 Å². The topological polar surface area (TPSA) is 75.1 Å². The molecule has 0 saturated carbocycles. The summed E-state index contributed by atoms with van der Waals surface area (Å²) in [6.07, 6.45) is 0. The maximum absolute atomic E-state index is 12.8. The summed E-state index contributed by atoms with van der Waals surface area (Å²) in [6.45, 7) is -4.15. The zero-order chi connectivity index (χ0) is 13.9. The van der Waals surface area contributed by atoms with Gasteiger partial charge in [-0.2, -0.15) is 0 Å². The molecule has 1 rings (SSSR count). The fourth-order valence-electron chi connectivity index (χ4n) is 1.49. The van der Waals surface area contributed by atoms with Crippen LogP contribution >= 0.6 is 0 Å². The van der Waals surface area contributed by atoms with Gasteiger partial charge in [-0.1, -0.05) is 16.7 Å². The van der Waals surface area contributed by atoms with Crippen LogP contribution in [0.1, 0.15) is 15.9 Å². The number of halogens is 3. The number of rotatable bonds is 3. The lowest BCUT2D eigenvalue weighted by Crippen LogP contribution is -2.37. The Hall–Kier alpha value is -2.15. The Labute approximate surface area is 100 Å². The van der Waals surface area contributed by atoms with E-state index >= 15 is 0 Å². The highest BCUT2D eigenvalue weighted by Crippen LogP contribution is 2.22. The average molecular weight is 258 g/mol. The van der Waals surface area contributed by atoms with Gasteiger partial charge in [0.25, 0.3) is 0 Å². The molecule has 0 spiro atoms. The van der Waals surface area contributed by atoms with E-state index in [1.165, 1.54) is 0 Å². The third kappa shape index (κ3) is 2.75. The molecule has 0 unspecified atom stereocenters. The van der Waals surface area contributed by atoms with Crippen molar-refractivity contribution in [2.45, 2.75) is 6.92 Å². The number of benzene rings is 1. The standard InChI is InChI=1S/C9H8BF3N3O2/c1-5-7(9(17)18-2)3-6(15-16-14)4-8(5)10(11,12)13/h3-4H,1-2H3/q-1. The van der Waals surface area contributed by atoms with Crippen molar-refractivity contribution in [1.29, 1.82) is 0 Å². The van der Waals surface area contributed by atoms with E-state index in [0.29, 0.717) is 6.07 Å². The summed E-state index contributed by atoms with van der Waals surface area (Å²) in [6, 6.07) is 1.77. The second-order valence-corrected chi connectivity index (χ2v) is 3.46. The van der Waals surface area contributed by atoms with Crippen molar-refractivity contribution in [3.8, 4) is 0 Å². The fourth-order valence-corrected chi connectivity index (χ4v) is 1.49. The van der Waals surface area contributed by atoms with Crippen LogP contribution in [0.4, 0.5) is 18.6 Å². The summed E-state index contributed by atoms with van der Waals surface area (Å²) < 4.78 is 42.8. The first kappa shape index (κ1) is 13.9. The monoisotopic (exact) mass is 258 g/mol. The summed E-state index contributed by atoms with van der Waals surface area (Å²) in [5.74, 6) is -0.913. The zero-order valence-corrected chi connectivity index (χ0v) is 9.52. The molecule has 18 heavy (non-hydrogen) atoms. The van der Waals surface area contributed by atoms with Gasteiger partial charge in [-0.15, -0.1) is 5.46 Å². The normalized spacial score (nSPS) is 10.7. The van der Waals surface area contributed by atoms with Crippen molar-refractivity contribution in [3.63, 3.8) is 0 Å². The lowest BCUT2D eigenvalue weighted by molar-refractivity contribution is 0.0600. The fraction of sp³-hybridized carbons (Fsp3) is 0.222. The number of carbonyl (C=O) groups is 1. The van der Waals surface area contributed by atoms with E-state index in [1.54, 1.807) is 0 Å². The number of methoxy groups -OCH3 is 1. The molecule has 0 saturated heterocycles. The van der Waals surface area contributed by atoms with Crippen LogP contribution in [0.2, 0.25) is 0 Å². The van der Waals surface area contributed by atoms with Crippen molar-refractivity contribution >= 4 is 24.1 Å². The van der Waals surface area contributed by atoms with Gasteiger partial charge in [0.2, 0.25) is 0 Å². The van der Waals surface area contributed by atoms with E-state index < -0.39 is 18.4 Å². The molecule has 5 nitrogen and oxygen atoms in total. The molecule has 0 atom stereocenters. The molecular formula is C9H8BF3N3O2-. The highest BCUT2D eigenvalue weighted by molar-refractivity contribution is 6.74. The van der Waals surface area contributed by atoms with Gasteiger partial charge in [-0.3, -0.25) is 0 Å². The minimum absolute atomic E-state index is 0.244. The molecule has 0 N–H and O–H groups in total. The molecule has 0 radical (unpaired) electrons. The van der Waals surface area contributed by atoms with Gasteiger partial charge >= 0.3 is 12.9 Å². The van der Waals surface area contributed by atoms with Gasteiger partial charge in [0, 0.05) is 10.6 Å². The summed E-state index contributed by atoms with van der Waals surface area (Å²) in [5, 5.41) is 3.08. The number of nitrogens with zero attached hydrogens (tertiary/aromatic N) is 3. The van der Waals surface area contributed by atoms with Crippen molar-refractivity contribution in [2.24, 2.45) is 5.11 Å². The highest BCUT2D eigenvalue weighted by Gasteiger charge is 2.29. The van der Waals surface area contributed by atoms with E-state index in [0.717, 1.165) is 20.1 Å². The number of ether oxygens (including phenoxy) is 1.